The molecule has 0 aromatic carbocycles. The van der Waals surface area contributed by atoms with E-state index >= 15 is 0 Å². The topological polar surface area (TPSA) is 109 Å². The van der Waals surface area contributed by atoms with Gasteiger partial charge in [-0.25, -0.2) is 0 Å². The zero-order valence-electron chi connectivity index (χ0n) is 23.4. The highest BCUT2D eigenvalue weighted by Crippen LogP contribution is 2.63. The number of aliphatic hydroxyl groups is 1. The molecule has 0 aromatic heterocycles. The molecule has 2 bridgehead atoms. The fraction of sp³-hybridized carbons (Fsp3) is 0.821. The van der Waals surface area contributed by atoms with Gasteiger partial charge in [0.15, 0.2) is 0 Å². The molecule has 4 fully saturated rings. The van der Waals surface area contributed by atoms with E-state index in [9.17, 15) is 19.5 Å². The first-order valence-corrected chi connectivity index (χ1v) is 14.1. The Bertz CT molecular complexity index is 907. The van der Waals surface area contributed by atoms with Crippen molar-refractivity contribution in [2.24, 2.45) is 17.8 Å². The number of amides is 2. The first kappa shape index (κ1) is 29.0. The van der Waals surface area contributed by atoms with E-state index in [1.165, 1.54) is 0 Å². The molecule has 4 aliphatic rings. The number of nitrogens with zero attached hydrogens (tertiary/aromatic N) is 3. The van der Waals surface area contributed by atoms with Crippen LogP contribution in [0.25, 0.3) is 0 Å². The van der Waals surface area contributed by atoms with Crippen LogP contribution >= 0.6 is 0 Å². The summed E-state index contributed by atoms with van der Waals surface area (Å²) in [6.45, 7) is 15.9. The minimum absolute atomic E-state index is 0.190. The maximum absolute atomic E-state index is 14.5. The predicted octanol–water partition coefficient (Wildman–Crippen LogP) is 1.07. The number of likely N-dealkylation sites (tertiary alicyclic amines) is 1. The molecular weight excluding hydrogens is 490 g/mol. The lowest BCUT2D eigenvalue weighted by Crippen LogP contribution is -2.59. The van der Waals surface area contributed by atoms with E-state index in [0.29, 0.717) is 52.1 Å². The second-order valence-corrected chi connectivity index (χ2v) is 11.7. The van der Waals surface area contributed by atoms with Gasteiger partial charge in [-0.05, 0) is 39.0 Å². The summed E-state index contributed by atoms with van der Waals surface area (Å²) in [5, 5.41) is 10.4. The van der Waals surface area contributed by atoms with Gasteiger partial charge in [-0.3, -0.25) is 19.3 Å². The fourth-order valence-electron chi connectivity index (χ4n) is 7.15. The first-order chi connectivity index (χ1) is 18.1. The van der Waals surface area contributed by atoms with Gasteiger partial charge in [0.05, 0.1) is 44.0 Å². The average molecular weight is 536 g/mol. The lowest BCUT2D eigenvalue weighted by Gasteiger charge is -2.40. The van der Waals surface area contributed by atoms with Gasteiger partial charge in [-0.2, -0.15) is 0 Å². The number of rotatable bonds is 12. The molecule has 0 aliphatic carbocycles. The van der Waals surface area contributed by atoms with Crippen molar-refractivity contribution in [2.75, 3.05) is 59.2 Å². The molecule has 0 aromatic rings. The van der Waals surface area contributed by atoms with E-state index in [-0.39, 0.29) is 30.9 Å². The minimum Gasteiger partial charge on any atom is -0.466 e. The molecule has 2 unspecified atom stereocenters. The highest BCUT2D eigenvalue weighted by Gasteiger charge is 2.79. The molecule has 38 heavy (non-hydrogen) atoms. The van der Waals surface area contributed by atoms with Crippen molar-refractivity contribution in [1.29, 1.82) is 0 Å². The minimum atomic E-state index is -1.14. The molecule has 4 saturated heterocycles. The van der Waals surface area contributed by atoms with E-state index in [0.717, 1.165) is 13.1 Å². The van der Waals surface area contributed by atoms with Crippen molar-refractivity contribution < 1.29 is 33.7 Å². The van der Waals surface area contributed by atoms with Gasteiger partial charge in [0.25, 0.3) is 0 Å². The van der Waals surface area contributed by atoms with Crippen LogP contribution in [-0.2, 0) is 28.6 Å². The van der Waals surface area contributed by atoms with Crippen LogP contribution in [0.15, 0.2) is 12.7 Å². The molecule has 4 rings (SSSR count). The Morgan fingerprint density at radius 3 is 2.61 bits per heavy atom. The van der Waals surface area contributed by atoms with Crippen LogP contribution in [-0.4, -0.2) is 120 Å². The number of esters is 1. The predicted molar refractivity (Wildman–Crippen MR) is 140 cm³/mol. The summed E-state index contributed by atoms with van der Waals surface area (Å²) in [4.78, 5) is 47.5. The van der Waals surface area contributed by atoms with Crippen LogP contribution in [0.1, 0.15) is 47.0 Å². The zero-order chi connectivity index (χ0) is 27.7. The van der Waals surface area contributed by atoms with E-state index in [1.54, 1.807) is 22.8 Å². The van der Waals surface area contributed by atoms with E-state index in [2.05, 4.69) is 11.5 Å². The second kappa shape index (κ2) is 11.6. The molecule has 1 spiro atoms. The monoisotopic (exact) mass is 535 g/mol. The molecule has 1 N–H and O–H groups in total. The number of aliphatic hydroxyl groups excluding tert-OH is 1. The fourth-order valence-corrected chi connectivity index (χ4v) is 7.15. The van der Waals surface area contributed by atoms with Crippen LogP contribution in [0.4, 0.5) is 0 Å². The molecule has 10 heteroatoms. The summed E-state index contributed by atoms with van der Waals surface area (Å²) in [7, 11) is 0. The molecule has 4 heterocycles. The number of hydrogen-bond acceptors (Lipinski definition) is 8. The van der Waals surface area contributed by atoms with Gasteiger partial charge in [0, 0.05) is 32.7 Å². The van der Waals surface area contributed by atoms with Crippen molar-refractivity contribution >= 4 is 17.8 Å². The van der Waals surface area contributed by atoms with Crippen molar-refractivity contribution in [1.82, 2.24) is 14.7 Å². The van der Waals surface area contributed by atoms with Gasteiger partial charge < -0.3 is 29.1 Å². The Morgan fingerprint density at radius 2 is 2.00 bits per heavy atom. The summed E-state index contributed by atoms with van der Waals surface area (Å²) in [6, 6.07) is -1.48. The molecule has 2 amide bonds. The largest absolute Gasteiger partial charge is 0.466 e. The van der Waals surface area contributed by atoms with E-state index in [1.807, 2.05) is 20.8 Å². The van der Waals surface area contributed by atoms with E-state index in [4.69, 9.17) is 14.2 Å². The Morgan fingerprint density at radius 1 is 1.29 bits per heavy atom. The Hall–Kier alpha value is -2.01. The number of carbonyl (C=O) groups excluding carboxylic acids is 3. The molecular formula is C28H45N3O7. The Kier molecular flexibility index (Phi) is 8.86. The van der Waals surface area contributed by atoms with Gasteiger partial charge in [-0.15, -0.1) is 6.58 Å². The van der Waals surface area contributed by atoms with Crippen molar-refractivity contribution in [3.05, 3.63) is 12.7 Å². The number of carbonyl (C=O) groups is 3. The smallest absolute Gasteiger partial charge is 0.312 e. The Balaban J connectivity index is 1.71. The van der Waals surface area contributed by atoms with Crippen LogP contribution in [0.5, 0.6) is 0 Å². The molecule has 214 valence electrons. The summed E-state index contributed by atoms with van der Waals surface area (Å²) in [6.07, 6.45) is 3.28. The second-order valence-electron chi connectivity index (χ2n) is 11.7. The first-order valence-electron chi connectivity index (χ1n) is 14.1. The van der Waals surface area contributed by atoms with Crippen LogP contribution in [0.2, 0.25) is 0 Å². The van der Waals surface area contributed by atoms with Crippen molar-refractivity contribution in [3.63, 3.8) is 0 Å². The van der Waals surface area contributed by atoms with Gasteiger partial charge in [-0.1, -0.05) is 19.9 Å². The standard InChI is InChI=1S/C28H45N3O7/c1-6-10-30(12-11-29-13-15-36-16-14-29)25(34)23-28-9-8-27(5,38-28)22(26(35)37-7-2)21(28)24(33)31(23)20(18-32)17-19(3)4/h6,19-23,32H,1,7-18H2,2-5H3/t20-,21+,22-,23?,27+,28?/m1/s1. The number of fused-ring (bicyclic) bond motifs is 1. The quantitative estimate of drug-likeness (QED) is 0.292. The third-order valence-electron chi connectivity index (χ3n) is 8.79. The van der Waals surface area contributed by atoms with Gasteiger partial charge in [0.2, 0.25) is 11.8 Å². The summed E-state index contributed by atoms with van der Waals surface area (Å²) in [5.41, 5.74) is -2.01. The zero-order valence-corrected chi connectivity index (χ0v) is 23.4. The lowest BCUT2D eigenvalue weighted by molar-refractivity contribution is -0.162. The SMILES string of the molecule is C=CCN(CCN1CCOCC1)C(=O)C1N([C@@H](CO)CC(C)C)C(=O)[C@@H]2[C@H](C(=O)OCC)[C@]3(C)CCC12O3. The number of ether oxygens (including phenoxy) is 3. The highest BCUT2D eigenvalue weighted by atomic mass is 16.6. The summed E-state index contributed by atoms with van der Waals surface area (Å²) in [5.74, 6) is -2.39. The van der Waals surface area contributed by atoms with Gasteiger partial charge in [0.1, 0.15) is 17.6 Å². The van der Waals surface area contributed by atoms with Crippen molar-refractivity contribution in [3.8, 4) is 0 Å². The van der Waals surface area contributed by atoms with Crippen LogP contribution < -0.4 is 0 Å². The summed E-state index contributed by atoms with van der Waals surface area (Å²) >= 11 is 0. The third-order valence-corrected chi connectivity index (χ3v) is 8.79. The maximum atomic E-state index is 14.5. The number of hydrogen-bond donors (Lipinski definition) is 1. The molecule has 4 aliphatic heterocycles. The van der Waals surface area contributed by atoms with Gasteiger partial charge >= 0.3 is 5.97 Å². The molecule has 10 nitrogen and oxygen atoms in total. The lowest BCUT2D eigenvalue weighted by atomic mass is 9.66. The molecule has 0 radical (unpaired) electrons. The van der Waals surface area contributed by atoms with E-state index < -0.39 is 41.1 Å². The molecule has 6 atom stereocenters. The van der Waals surface area contributed by atoms with Crippen molar-refractivity contribution in [2.45, 2.75) is 70.2 Å². The normalized spacial score (nSPS) is 33.5. The third kappa shape index (κ3) is 5.00. The Labute approximate surface area is 226 Å². The van der Waals surface area contributed by atoms with Crippen LogP contribution in [0.3, 0.4) is 0 Å². The average Bonchev–Trinajstić information content (AvgIpc) is 3.46. The maximum Gasteiger partial charge on any atom is 0.312 e. The highest BCUT2D eigenvalue weighted by molar-refractivity contribution is 5.98. The number of morpholine rings is 1. The summed E-state index contributed by atoms with van der Waals surface area (Å²) < 4.78 is 17.5. The molecule has 0 saturated carbocycles. The van der Waals surface area contributed by atoms with Crippen LogP contribution in [0, 0.1) is 17.8 Å².